The van der Waals surface area contributed by atoms with Gasteiger partial charge in [0.1, 0.15) is 0 Å². The first-order valence-electron chi connectivity index (χ1n) is 5.63. The van der Waals surface area contributed by atoms with Crippen molar-refractivity contribution in [1.29, 1.82) is 0 Å². The van der Waals surface area contributed by atoms with Crippen LogP contribution in [0.15, 0.2) is 30.3 Å². The Kier molecular flexibility index (Phi) is 3.41. The molecule has 5 heteroatoms. The van der Waals surface area contributed by atoms with Crippen LogP contribution >= 0.6 is 0 Å². The van der Waals surface area contributed by atoms with E-state index in [1.54, 1.807) is 0 Å². The van der Waals surface area contributed by atoms with Crippen molar-refractivity contribution in [2.75, 3.05) is 0 Å². The smallest absolute Gasteiger partial charge is 0.303 e. The highest BCUT2D eigenvalue weighted by atomic mass is 16.5. The average Bonchev–Trinajstić information content (AvgIpc) is 2.58. The summed E-state index contributed by atoms with van der Waals surface area (Å²) in [5, 5.41) is 0. The number of carbonyl (C=O) groups is 3. The molecule has 1 aliphatic rings. The highest BCUT2D eigenvalue weighted by molar-refractivity contribution is 6.05. The normalized spacial score (nSPS) is 19.2. The highest BCUT2D eigenvalue weighted by Crippen LogP contribution is 2.19. The van der Waals surface area contributed by atoms with E-state index in [1.807, 2.05) is 30.3 Å². The Balaban J connectivity index is 2.08. The number of imide groups is 1. The van der Waals surface area contributed by atoms with Crippen molar-refractivity contribution in [3.63, 3.8) is 0 Å². The van der Waals surface area contributed by atoms with Crippen LogP contribution in [0.25, 0.3) is 0 Å². The molecule has 1 aromatic rings. The molecule has 1 aromatic carbocycles. The van der Waals surface area contributed by atoms with E-state index >= 15 is 0 Å². The summed E-state index contributed by atoms with van der Waals surface area (Å²) in [5.74, 6) is -1.31. The lowest BCUT2D eigenvalue weighted by Crippen LogP contribution is -2.32. The number of ether oxygens (including phenoxy) is 1. The molecule has 0 radical (unpaired) electrons. The van der Waals surface area contributed by atoms with Crippen LogP contribution in [-0.2, 0) is 25.7 Å². The second-order valence-electron chi connectivity index (χ2n) is 4.11. The van der Waals surface area contributed by atoms with Gasteiger partial charge in [0.25, 0.3) is 5.91 Å². The number of benzene rings is 1. The number of hydrogen-bond donors (Lipinski definition) is 0. The van der Waals surface area contributed by atoms with Crippen molar-refractivity contribution < 1.29 is 19.1 Å². The molecule has 0 bridgehead atoms. The molecule has 18 heavy (non-hydrogen) atoms. The topological polar surface area (TPSA) is 63.7 Å². The van der Waals surface area contributed by atoms with Crippen molar-refractivity contribution >= 4 is 17.8 Å². The van der Waals surface area contributed by atoms with Crippen molar-refractivity contribution in [1.82, 2.24) is 4.90 Å². The van der Waals surface area contributed by atoms with E-state index in [-0.39, 0.29) is 18.9 Å². The maximum atomic E-state index is 11.9. The predicted octanol–water partition coefficient (Wildman–Crippen LogP) is 0.877. The molecule has 94 valence electrons. The monoisotopic (exact) mass is 247 g/mol. The number of likely N-dealkylation sites (tertiary alicyclic amines) is 1. The fraction of sp³-hybridized carbons (Fsp3) is 0.308. The third-order valence-corrected chi connectivity index (χ3v) is 2.69. The molecule has 0 spiro atoms. The molecular formula is C13H13NO4. The summed E-state index contributed by atoms with van der Waals surface area (Å²) < 4.78 is 4.81. The molecule has 0 aliphatic carbocycles. The van der Waals surface area contributed by atoms with Crippen LogP contribution in [0.4, 0.5) is 0 Å². The molecule has 2 amide bonds. The molecule has 1 heterocycles. The third kappa shape index (κ3) is 2.56. The number of rotatable bonds is 3. The van der Waals surface area contributed by atoms with E-state index in [1.165, 1.54) is 6.92 Å². The van der Waals surface area contributed by atoms with Gasteiger partial charge in [-0.1, -0.05) is 30.3 Å². The van der Waals surface area contributed by atoms with Crippen molar-refractivity contribution in [3.05, 3.63) is 35.9 Å². The lowest BCUT2D eigenvalue weighted by molar-refractivity contribution is -0.154. The molecule has 0 saturated carbocycles. The van der Waals surface area contributed by atoms with Gasteiger partial charge in [0.2, 0.25) is 5.91 Å². The summed E-state index contributed by atoms with van der Waals surface area (Å²) in [4.78, 5) is 35.5. The van der Waals surface area contributed by atoms with Gasteiger partial charge in [-0.2, -0.15) is 0 Å². The molecule has 0 aromatic heterocycles. The molecule has 0 N–H and O–H groups in total. The summed E-state index contributed by atoms with van der Waals surface area (Å²) in [6.07, 6.45) is -1.02. The zero-order valence-corrected chi connectivity index (χ0v) is 9.96. The fourth-order valence-electron chi connectivity index (χ4n) is 1.88. The van der Waals surface area contributed by atoms with Gasteiger partial charge < -0.3 is 4.74 Å². The van der Waals surface area contributed by atoms with Gasteiger partial charge in [-0.05, 0) is 5.56 Å². The van der Waals surface area contributed by atoms with Gasteiger partial charge in [0, 0.05) is 6.92 Å². The molecule has 1 saturated heterocycles. The Labute approximate surface area is 104 Å². The van der Waals surface area contributed by atoms with Crippen LogP contribution in [0.2, 0.25) is 0 Å². The van der Waals surface area contributed by atoms with Crippen LogP contribution in [0.3, 0.4) is 0 Å². The highest BCUT2D eigenvalue weighted by Gasteiger charge is 2.40. The predicted molar refractivity (Wildman–Crippen MR) is 62.2 cm³/mol. The van der Waals surface area contributed by atoms with Crippen molar-refractivity contribution in [2.45, 2.75) is 26.0 Å². The lowest BCUT2D eigenvalue weighted by atomic mass is 10.2. The molecule has 1 aliphatic heterocycles. The van der Waals surface area contributed by atoms with Crippen LogP contribution in [0.5, 0.6) is 0 Å². The summed E-state index contributed by atoms with van der Waals surface area (Å²) in [5.41, 5.74) is 0.864. The summed E-state index contributed by atoms with van der Waals surface area (Å²) >= 11 is 0. The Morgan fingerprint density at radius 2 is 2.00 bits per heavy atom. The van der Waals surface area contributed by atoms with E-state index in [4.69, 9.17) is 4.74 Å². The fourth-order valence-corrected chi connectivity index (χ4v) is 1.88. The molecule has 5 nitrogen and oxygen atoms in total. The van der Waals surface area contributed by atoms with Crippen LogP contribution in [-0.4, -0.2) is 28.8 Å². The Bertz CT molecular complexity index is 483. The van der Waals surface area contributed by atoms with Crippen molar-refractivity contribution in [2.24, 2.45) is 0 Å². The molecule has 2 rings (SSSR count). The average molecular weight is 247 g/mol. The first-order valence-corrected chi connectivity index (χ1v) is 5.63. The maximum absolute atomic E-state index is 11.9. The lowest BCUT2D eigenvalue weighted by Gasteiger charge is -2.14. The number of hydrogen-bond acceptors (Lipinski definition) is 4. The maximum Gasteiger partial charge on any atom is 0.303 e. The zero-order chi connectivity index (χ0) is 13.1. The van der Waals surface area contributed by atoms with Gasteiger partial charge in [-0.3, -0.25) is 19.3 Å². The van der Waals surface area contributed by atoms with Crippen molar-refractivity contribution in [3.8, 4) is 0 Å². The second kappa shape index (κ2) is 5.00. The summed E-state index contributed by atoms with van der Waals surface area (Å²) in [6.45, 7) is 1.44. The molecule has 1 unspecified atom stereocenters. The SMILES string of the molecule is CC(=O)OC1CC(=O)N(Cc2ccccc2)C1=O. The van der Waals surface area contributed by atoms with Gasteiger partial charge in [-0.15, -0.1) is 0 Å². The first-order chi connectivity index (χ1) is 8.58. The first kappa shape index (κ1) is 12.3. The quantitative estimate of drug-likeness (QED) is 0.587. The molecule has 1 fully saturated rings. The number of nitrogens with zero attached hydrogens (tertiary/aromatic N) is 1. The largest absolute Gasteiger partial charge is 0.452 e. The van der Waals surface area contributed by atoms with Gasteiger partial charge >= 0.3 is 5.97 Å². The van der Waals surface area contributed by atoms with E-state index in [0.29, 0.717) is 0 Å². The number of carbonyl (C=O) groups excluding carboxylic acids is 3. The van der Waals surface area contributed by atoms with E-state index in [9.17, 15) is 14.4 Å². The second-order valence-corrected chi connectivity index (χ2v) is 4.11. The van der Waals surface area contributed by atoms with E-state index < -0.39 is 18.0 Å². The van der Waals surface area contributed by atoms with Crippen LogP contribution in [0, 0.1) is 0 Å². The third-order valence-electron chi connectivity index (χ3n) is 2.69. The van der Waals surface area contributed by atoms with Gasteiger partial charge in [0.05, 0.1) is 13.0 Å². The van der Waals surface area contributed by atoms with Crippen LogP contribution < -0.4 is 0 Å². The minimum Gasteiger partial charge on any atom is -0.452 e. The van der Waals surface area contributed by atoms with E-state index in [0.717, 1.165) is 10.5 Å². The summed E-state index contributed by atoms with van der Waals surface area (Å²) in [6, 6.07) is 9.20. The summed E-state index contributed by atoms with van der Waals surface area (Å²) in [7, 11) is 0. The Hall–Kier alpha value is -2.17. The minimum absolute atomic E-state index is 0.0642. The number of amides is 2. The molecule has 1 atom stereocenters. The Morgan fingerprint density at radius 3 is 2.61 bits per heavy atom. The van der Waals surface area contributed by atoms with Gasteiger partial charge in [0.15, 0.2) is 6.10 Å². The zero-order valence-electron chi connectivity index (χ0n) is 9.96. The minimum atomic E-state index is -0.960. The number of esters is 1. The Morgan fingerprint density at radius 1 is 1.33 bits per heavy atom. The standard InChI is InChI=1S/C13H13NO4/c1-9(15)18-11-7-12(16)14(13(11)17)8-10-5-3-2-4-6-10/h2-6,11H,7-8H2,1H3. The van der Waals surface area contributed by atoms with Crippen LogP contribution in [0.1, 0.15) is 18.9 Å². The molecular weight excluding hydrogens is 234 g/mol. The van der Waals surface area contributed by atoms with Gasteiger partial charge in [-0.25, -0.2) is 0 Å². The van der Waals surface area contributed by atoms with E-state index in [2.05, 4.69) is 0 Å².